The van der Waals surface area contributed by atoms with Crippen molar-refractivity contribution in [3.8, 4) is 0 Å². The lowest BCUT2D eigenvalue weighted by molar-refractivity contribution is -0.128. The molecule has 0 unspecified atom stereocenters. The molecule has 0 aliphatic carbocycles. The number of carbonyl (C=O) groups excluding carboxylic acids is 1. The van der Waals surface area contributed by atoms with Crippen molar-refractivity contribution >= 4 is 22.8 Å². The van der Waals surface area contributed by atoms with Crippen LogP contribution in [0.2, 0.25) is 0 Å². The average Bonchev–Trinajstić information content (AvgIpc) is 2.74. The molecule has 0 spiro atoms. The molecule has 1 aromatic heterocycles. The van der Waals surface area contributed by atoms with Crippen LogP contribution in [0.5, 0.6) is 0 Å². The number of amides is 1. The Bertz CT molecular complexity index is 732. The van der Waals surface area contributed by atoms with Gasteiger partial charge in [0.25, 0.3) is 0 Å². The lowest BCUT2D eigenvalue weighted by atomic mass is 9.87. The number of hydrogen-bond acceptors (Lipinski definition) is 4. The predicted molar refractivity (Wildman–Crippen MR) is 77.1 cm³/mol. The molecule has 6 nitrogen and oxygen atoms in total. The lowest BCUT2D eigenvalue weighted by Gasteiger charge is -2.33. The molecule has 1 aromatic carbocycles. The summed E-state index contributed by atoms with van der Waals surface area (Å²) < 4.78 is 1.77. The standard InChI is InChI=1S/C14H17N5O/c1-14(7-12(20)19(3)13(15)16-14)10-5-4-9-8-18(2)17-11(9)6-10/h4-6,8H,7H2,1-3H3,(H2,15,16)/t14-/m0/s1. The van der Waals surface area contributed by atoms with Gasteiger partial charge in [0.15, 0.2) is 5.96 Å². The molecule has 104 valence electrons. The molecule has 1 atom stereocenters. The van der Waals surface area contributed by atoms with Gasteiger partial charge in [0.05, 0.1) is 17.5 Å². The van der Waals surface area contributed by atoms with Crippen LogP contribution in [0.1, 0.15) is 18.9 Å². The van der Waals surface area contributed by atoms with Gasteiger partial charge in [-0.1, -0.05) is 12.1 Å². The van der Waals surface area contributed by atoms with Crippen LogP contribution in [0, 0.1) is 0 Å². The highest BCUT2D eigenvalue weighted by atomic mass is 16.2. The summed E-state index contributed by atoms with van der Waals surface area (Å²) in [4.78, 5) is 17.9. The van der Waals surface area contributed by atoms with E-state index in [0.29, 0.717) is 6.42 Å². The Morgan fingerprint density at radius 1 is 1.35 bits per heavy atom. The molecule has 2 aromatic rings. The Kier molecular flexibility index (Phi) is 2.57. The van der Waals surface area contributed by atoms with Gasteiger partial charge in [-0.2, -0.15) is 5.10 Å². The molecule has 0 bridgehead atoms. The van der Waals surface area contributed by atoms with E-state index in [0.717, 1.165) is 16.5 Å². The Hall–Kier alpha value is -2.37. The number of hydrogen-bond donors (Lipinski definition) is 1. The highest BCUT2D eigenvalue weighted by molar-refractivity contribution is 5.98. The number of fused-ring (bicyclic) bond motifs is 1. The van der Waals surface area contributed by atoms with Gasteiger partial charge in [-0.25, -0.2) is 4.99 Å². The van der Waals surface area contributed by atoms with E-state index in [9.17, 15) is 4.79 Å². The molecule has 2 N–H and O–H groups in total. The molecule has 6 heteroatoms. The number of aliphatic imine (C=N–C) groups is 1. The maximum absolute atomic E-state index is 12.0. The maximum Gasteiger partial charge on any atom is 0.231 e. The van der Waals surface area contributed by atoms with Crippen molar-refractivity contribution in [2.75, 3.05) is 7.05 Å². The van der Waals surface area contributed by atoms with Gasteiger partial charge in [0, 0.05) is 25.7 Å². The quantitative estimate of drug-likeness (QED) is 0.839. The van der Waals surface area contributed by atoms with Gasteiger partial charge in [-0.3, -0.25) is 14.4 Å². The van der Waals surface area contributed by atoms with Gasteiger partial charge < -0.3 is 5.73 Å². The normalized spacial score (nSPS) is 23.2. The van der Waals surface area contributed by atoms with E-state index < -0.39 is 5.54 Å². The Morgan fingerprint density at radius 3 is 2.80 bits per heavy atom. The largest absolute Gasteiger partial charge is 0.369 e. The fraction of sp³-hybridized carbons (Fsp3) is 0.357. The van der Waals surface area contributed by atoms with Crippen molar-refractivity contribution in [1.82, 2.24) is 14.7 Å². The fourth-order valence-electron chi connectivity index (χ4n) is 2.55. The number of carbonyl (C=O) groups is 1. The molecule has 0 radical (unpaired) electrons. The van der Waals surface area contributed by atoms with Gasteiger partial charge in [-0.05, 0) is 18.6 Å². The third-order valence-corrected chi connectivity index (χ3v) is 3.82. The molecule has 0 fully saturated rings. The third-order valence-electron chi connectivity index (χ3n) is 3.82. The highest BCUT2D eigenvalue weighted by Crippen LogP contribution is 2.34. The summed E-state index contributed by atoms with van der Waals surface area (Å²) in [6.07, 6.45) is 2.27. The van der Waals surface area contributed by atoms with E-state index in [4.69, 9.17) is 5.73 Å². The zero-order chi connectivity index (χ0) is 14.5. The number of aryl methyl sites for hydroxylation is 1. The number of aromatic nitrogens is 2. The van der Waals surface area contributed by atoms with E-state index in [-0.39, 0.29) is 11.9 Å². The van der Waals surface area contributed by atoms with Crippen LogP contribution in [0.25, 0.3) is 10.9 Å². The second-order valence-electron chi connectivity index (χ2n) is 5.45. The van der Waals surface area contributed by atoms with Crippen LogP contribution in [0.3, 0.4) is 0 Å². The first kappa shape index (κ1) is 12.7. The molecule has 1 aliphatic rings. The highest BCUT2D eigenvalue weighted by Gasteiger charge is 2.36. The van der Waals surface area contributed by atoms with Crippen molar-refractivity contribution in [3.05, 3.63) is 30.0 Å². The van der Waals surface area contributed by atoms with Crippen molar-refractivity contribution in [2.24, 2.45) is 17.8 Å². The minimum absolute atomic E-state index is 0.0267. The lowest BCUT2D eigenvalue weighted by Crippen LogP contribution is -2.47. The van der Waals surface area contributed by atoms with Crippen LogP contribution in [-0.2, 0) is 17.4 Å². The van der Waals surface area contributed by atoms with E-state index >= 15 is 0 Å². The van der Waals surface area contributed by atoms with Gasteiger partial charge in [-0.15, -0.1) is 0 Å². The summed E-state index contributed by atoms with van der Waals surface area (Å²) in [6, 6.07) is 5.96. The molecule has 3 rings (SSSR count). The predicted octanol–water partition coefficient (Wildman–Crippen LogP) is 0.965. The van der Waals surface area contributed by atoms with Crippen molar-refractivity contribution in [2.45, 2.75) is 18.9 Å². The molecule has 1 aliphatic heterocycles. The van der Waals surface area contributed by atoms with Gasteiger partial charge >= 0.3 is 0 Å². The number of nitrogens with zero attached hydrogens (tertiary/aromatic N) is 4. The zero-order valence-corrected chi connectivity index (χ0v) is 11.8. The molecule has 0 saturated heterocycles. The second-order valence-corrected chi connectivity index (χ2v) is 5.45. The van der Waals surface area contributed by atoms with Crippen molar-refractivity contribution in [1.29, 1.82) is 0 Å². The summed E-state index contributed by atoms with van der Waals surface area (Å²) >= 11 is 0. The molecule has 1 amide bonds. The average molecular weight is 271 g/mol. The van der Waals surface area contributed by atoms with E-state index in [1.54, 1.807) is 11.7 Å². The Balaban J connectivity index is 2.11. The number of rotatable bonds is 1. The van der Waals surface area contributed by atoms with E-state index in [1.165, 1.54) is 4.90 Å². The number of nitrogens with two attached hydrogens (primary N) is 1. The van der Waals surface area contributed by atoms with Crippen molar-refractivity contribution < 1.29 is 4.79 Å². The minimum Gasteiger partial charge on any atom is -0.369 e. The van der Waals surface area contributed by atoms with Gasteiger partial charge in [0.1, 0.15) is 0 Å². The minimum atomic E-state index is -0.626. The molecule has 0 saturated carbocycles. The Morgan fingerprint density at radius 2 is 2.10 bits per heavy atom. The smallest absolute Gasteiger partial charge is 0.231 e. The fourth-order valence-corrected chi connectivity index (χ4v) is 2.55. The van der Waals surface area contributed by atoms with E-state index in [1.807, 2.05) is 38.4 Å². The van der Waals surface area contributed by atoms with Gasteiger partial charge in [0.2, 0.25) is 5.91 Å². The van der Waals surface area contributed by atoms with Crippen LogP contribution >= 0.6 is 0 Å². The zero-order valence-electron chi connectivity index (χ0n) is 11.8. The summed E-state index contributed by atoms with van der Waals surface area (Å²) in [5.41, 5.74) is 7.05. The summed E-state index contributed by atoms with van der Waals surface area (Å²) in [6.45, 7) is 1.93. The summed E-state index contributed by atoms with van der Waals surface area (Å²) in [5.74, 6) is 0.228. The Labute approximate surface area is 116 Å². The van der Waals surface area contributed by atoms with Crippen LogP contribution in [0.4, 0.5) is 0 Å². The second kappa shape index (κ2) is 4.06. The SMILES string of the molecule is CN1C(=O)C[C@@](C)(c2ccc3cn(C)nc3c2)N=C1N. The number of guanidine groups is 1. The summed E-state index contributed by atoms with van der Waals surface area (Å²) in [7, 11) is 3.53. The van der Waals surface area contributed by atoms with Crippen LogP contribution in [0.15, 0.2) is 29.4 Å². The first-order valence-electron chi connectivity index (χ1n) is 6.45. The monoisotopic (exact) mass is 271 g/mol. The summed E-state index contributed by atoms with van der Waals surface area (Å²) in [5, 5.41) is 5.46. The van der Waals surface area contributed by atoms with Crippen LogP contribution in [-0.4, -0.2) is 33.6 Å². The third kappa shape index (κ3) is 1.84. The molecular formula is C14H17N5O. The topological polar surface area (TPSA) is 76.5 Å². The first-order valence-corrected chi connectivity index (χ1v) is 6.45. The van der Waals surface area contributed by atoms with E-state index in [2.05, 4.69) is 10.1 Å². The molecular weight excluding hydrogens is 254 g/mol. The van der Waals surface area contributed by atoms with Crippen LogP contribution < -0.4 is 5.73 Å². The van der Waals surface area contributed by atoms with Crippen molar-refractivity contribution in [3.63, 3.8) is 0 Å². The first-order chi connectivity index (χ1) is 9.39. The number of benzene rings is 1. The molecule has 2 heterocycles. The molecule has 20 heavy (non-hydrogen) atoms. The maximum atomic E-state index is 12.0.